The van der Waals surface area contributed by atoms with Gasteiger partial charge in [0.1, 0.15) is 0 Å². The Kier molecular flexibility index (Phi) is 4.58. The van der Waals surface area contributed by atoms with Gasteiger partial charge in [-0.3, -0.25) is 4.79 Å². The van der Waals surface area contributed by atoms with Gasteiger partial charge in [0.2, 0.25) is 5.91 Å². The lowest BCUT2D eigenvalue weighted by Crippen LogP contribution is -2.19. The van der Waals surface area contributed by atoms with Gasteiger partial charge in [-0.15, -0.1) is 11.8 Å². The second kappa shape index (κ2) is 4.68. The molecule has 0 bridgehead atoms. The minimum atomic E-state index is 0.0446. The fraction of sp³-hybridized carbons (Fsp3) is 0.833. The van der Waals surface area contributed by atoms with Crippen LogP contribution in [0.15, 0.2) is 0 Å². The lowest BCUT2D eigenvalue weighted by atomic mass is 10.6. The largest absolute Gasteiger partial charge is 0.347 e. The van der Waals surface area contributed by atoms with Crippen LogP contribution < -0.4 is 5.32 Å². The van der Waals surface area contributed by atoms with Gasteiger partial charge in [-0.1, -0.05) is 13.8 Å². The predicted molar refractivity (Wildman–Crippen MR) is 41.4 cm³/mol. The van der Waals surface area contributed by atoms with E-state index in [9.17, 15) is 4.79 Å². The Morgan fingerprint density at radius 1 is 1.67 bits per heavy atom. The van der Waals surface area contributed by atoms with Crippen LogP contribution in [0.1, 0.15) is 20.8 Å². The van der Waals surface area contributed by atoms with Crippen LogP contribution >= 0.6 is 11.8 Å². The molecule has 3 heteroatoms. The second-order valence-electron chi connectivity index (χ2n) is 2.09. The van der Waals surface area contributed by atoms with Crippen LogP contribution in [-0.2, 0) is 4.79 Å². The van der Waals surface area contributed by atoms with E-state index >= 15 is 0 Å². The SMILES string of the molecule is CC(=O)NCSC(C)C. The van der Waals surface area contributed by atoms with Crippen molar-refractivity contribution in [3.63, 3.8) is 0 Å². The molecule has 0 aromatic rings. The fourth-order valence-electron chi connectivity index (χ4n) is 0.310. The van der Waals surface area contributed by atoms with Crippen molar-refractivity contribution >= 4 is 17.7 Å². The molecular weight excluding hydrogens is 134 g/mol. The summed E-state index contributed by atoms with van der Waals surface area (Å²) in [5, 5.41) is 3.30. The Hall–Kier alpha value is -0.180. The molecule has 0 aromatic heterocycles. The van der Waals surface area contributed by atoms with Crippen LogP contribution in [0, 0.1) is 0 Å². The third-order valence-corrected chi connectivity index (χ3v) is 1.72. The van der Waals surface area contributed by atoms with Crippen molar-refractivity contribution < 1.29 is 4.79 Å². The minimum absolute atomic E-state index is 0.0446. The first-order valence-electron chi connectivity index (χ1n) is 2.99. The fourth-order valence-corrected chi connectivity index (χ4v) is 0.930. The highest BCUT2D eigenvalue weighted by molar-refractivity contribution is 7.99. The van der Waals surface area contributed by atoms with E-state index in [0.717, 1.165) is 5.88 Å². The van der Waals surface area contributed by atoms with Crippen LogP contribution in [0.25, 0.3) is 0 Å². The van der Waals surface area contributed by atoms with Crippen molar-refractivity contribution in [3.05, 3.63) is 0 Å². The molecule has 0 heterocycles. The summed E-state index contributed by atoms with van der Waals surface area (Å²) in [5.74, 6) is 0.774. The molecule has 0 saturated carbocycles. The van der Waals surface area contributed by atoms with Gasteiger partial charge in [-0.05, 0) is 0 Å². The number of hydrogen-bond donors (Lipinski definition) is 1. The van der Waals surface area contributed by atoms with Crippen molar-refractivity contribution in [2.75, 3.05) is 5.88 Å². The summed E-state index contributed by atoms with van der Waals surface area (Å²) in [5.41, 5.74) is 0. The van der Waals surface area contributed by atoms with Gasteiger partial charge in [0.15, 0.2) is 0 Å². The molecule has 0 rings (SSSR count). The number of amides is 1. The maximum atomic E-state index is 10.3. The predicted octanol–water partition coefficient (Wildman–Crippen LogP) is 1.22. The van der Waals surface area contributed by atoms with Crippen LogP contribution in [0.2, 0.25) is 0 Å². The Balaban J connectivity index is 3.01. The lowest BCUT2D eigenvalue weighted by molar-refractivity contribution is -0.118. The summed E-state index contributed by atoms with van der Waals surface area (Å²) >= 11 is 1.73. The van der Waals surface area contributed by atoms with Crippen molar-refractivity contribution in [1.82, 2.24) is 5.32 Å². The summed E-state index contributed by atoms with van der Waals surface area (Å²) in [7, 11) is 0. The van der Waals surface area contributed by atoms with Crippen molar-refractivity contribution in [1.29, 1.82) is 0 Å². The first-order valence-corrected chi connectivity index (χ1v) is 4.04. The quantitative estimate of drug-likeness (QED) is 0.608. The summed E-state index contributed by atoms with van der Waals surface area (Å²) in [6, 6.07) is 0. The molecule has 0 spiro atoms. The molecule has 0 aliphatic carbocycles. The molecule has 9 heavy (non-hydrogen) atoms. The zero-order chi connectivity index (χ0) is 7.28. The minimum Gasteiger partial charge on any atom is -0.347 e. The van der Waals surface area contributed by atoms with Crippen molar-refractivity contribution in [2.45, 2.75) is 26.0 Å². The zero-order valence-electron chi connectivity index (χ0n) is 6.10. The highest BCUT2D eigenvalue weighted by Gasteiger charge is 1.93. The van der Waals surface area contributed by atoms with E-state index in [2.05, 4.69) is 19.2 Å². The average Bonchev–Trinajstić information content (AvgIpc) is 1.63. The van der Waals surface area contributed by atoms with E-state index in [1.165, 1.54) is 6.92 Å². The summed E-state index contributed by atoms with van der Waals surface area (Å²) in [4.78, 5) is 10.3. The lowest BCUT2D eigenvalue weighted by Gasteiger charge is -2.03. The molecule has 54 valence electrons. The van der Waals surface area contributed by atoms with E-state index in [1.54, 1.807) is 11.8 Å². The van der Waals surface area contributed by atoms with Crippen LogP contribution in [0.5, 0.6) is 0 Å². The van der Waals surface area contributed by atoms with Crippen molar-refractivity contribution in [3.8, 4) is 0 Å². The third-order valence-electron chi connectivity index (χ3n) is 0.738. The average molecular weight is 147 g/mol. The van der Waals surface area contributed by atoms with Gasteiger partial charge in [0.25, 0.3) is 0 Å². The molecule has 0 unspecified atom stereocenters. The Morgan fingerprint density at radius 3 is 2.56 bits per heavy atom. The molecule has 1 N–H and O–H groups in total. The molecule has 0 aliphatic rings. The molecule has 0 fully saturated rings. The third kappa shape index (κ3) is 7.82. The molecule has 2 nitrogen and oxygen atoms in total. The Labute approximate surface area is 60.4 Å². The standard InChI is InChI=1S/C6H13NOS/c1-5(2)9-4-7-6(3)8/h5H,4H2,1-3H3,(H,7,8). The van der Waals surface area contributed by atoms with E-state index in [4.69, 9.17) is 0 Å². The smallest absolute Gasteiger partial charge is 0.217 e. The van der Waals surface area contributed by atoms with Gasteiger partial charge in [-0.25, -0.2) is 0 Å². The number of rotatable bonds is 3. The summed E-state index contributed by atoms with van der Waals surface area (Å²) in [6.45, 7) is 5.74. The normalized spacial score (nSPS) is 9.78. The number of nitrogens with one attached hydrogen (secondary N) is 1. The maximum Gasteiger partial charge on any atom is 0.217 e. The van der Waals surface area contributed by atoms with Crippen LogP contribution in [0.4, 0.5) is 0 Å². The van der Waals surface area contributed by atoms with E-state index in [1.807, 2.05) is 0 Å². The number of thioether (sulfide) groups is 1. The first-order chi connectivity index (χ1) is 4.13. The van der Waals surface area contributed by atoms with Gasteiger partial charge in [0.05, 0.1) is 5.88 Å². The van der Waals surface area contributed by atoms with E-state index in [-0.39, 0.29) is 5.91 Å². The Bertz CT molecular complexity index is 93.1. The maximum absolute atomic E-state index is 10.3. The summed E-state index contributed by atoms with van der Waals surface area (Å²) in [6.07, 6.45) is 0. The topological polar surface area (TPSA) is 29.1 Å². The molecule has 0 atom stereocenters. The van der Waals surface area contributed by atoms with E-state index in [0.29, 0.717) is 5.25 Å². The van der Waals surface area contributed by atoms with Gasteiger partial charge in [0, 0.05) is 12.2 Å². The molecule has 0 aromatic carbocycles. The van der Waals surface area contributed by atoms with E-state index < -0.39 is 0 Å². The summed E-state index contributed by atoms with van der Waals surface area (Å²) < 4.78 is 0. The number of carbonyl (C=O) groups excluding carboxylic acids is 1. The molecular formula is C6H13NOS. The zero-order valence-corrected chi connectivity index (χ0v) is 6.92. The second-order valence-corrected chi connectivity index (χ2v) is 3.66. The number of carbonyl (C=O) groups is 1. The molecule has 0 radical (unpaired) electrons. The monoisotopic (exact) mass is 147 g/mol. The van der Waals surface area contributed by atoms with Crippen molar-refractivity contribution in [2.24, 2.45) is 0 Å². The van der Waals surface area contributed by atoms with Gasteiger partial charge < -0.3 is 5.32 Å². The molecule has 1 amide bonds. The van der Waals surface area contributed by atoms with Crippen LogP contribution in [0.3, 0.4) is 0 Å². The Morgan fingerprint density at radius 2 is 2.22 bits per heavy atom. The highest BCUT2D eigenvalue weighted by Crippen LogP contribution is 2.05. The molecule has 0 aliphatic heterocycles. The molecule has 0 saturated heterocycles. The van der Waals surface area contributed by atoms with Gasteiger partial charge >= 0.3 is 0 Å². The van der Waals surface area contributed by atoms with Gasteiger partial charge in [-0.2, -0.15) is 0 Å². The van der Waals surface area contributed by atoms with Crippen LogP contribution in [-0.4, -0.2) is 17.0 Å². The highest BCUT2D eigenvalue weighted by atomic mass is 32.2. The number of hydrogen-bond acceptors (Lipinski definition) is 2. The first kappa shape index (κ1) is 8.82.